The van der Waals surface area contributed by atoms with Gasteiger partial charge in [0.05, 0.1) is 4.92 Å². The third-order valence-corrected chi connectivity index (χ3v) is 3.30. The predicted octanol–water partition coefficient (Wildman–Crippen LogP) is 1.05. The van der Waals surface area contributed by atoms with E-state index in [2.05, 4.69) is 0 Å². The summed E-state index contributed by atoms with van der Waals surface area (Å²) in [7, 11) is 1.72. The largest absolute Gasteiger partial charge is 0.477 e. The van der Waals surface area contributed by atoms with Gasteiger partial charge < -0.3 is 15.4 Å². The molecule has 0 atom stereocenters. The second kappa shape index (κ2) is 5.87. The van der Waals surface area contributed by atoms with Crippen LogP contribution in [-0.2, 0) is 11.3 Å². The van der Waals surface area contributed by atoms with Crippen molar-refractivity contribution in [2.45, 2.75) is 25.4 Å². The molecule has 0 spiro atoms. The van der Waals surface area contributed by atoms with Crippen molar-refractivity contribution in [2.24, 2.45) is 5.73 Å². The van der Waals surface area contributed by atoms with Crippen molar-refractivity contribution in [3.63, 3.8) is 0 Å². The lowest BCUT2D eigenvalue weighted by Gasteiger charge is -2.16. The summed E-state index contributed by atoms with van der Waals surface area (Å²) >= 11 is 0. The van der Waals surface area contributed by atoms with E-state index in [0.717, 1.165) is 12.8 Å². The Morgan fingerprint density at radius 1 is 1.55 bits per heavy atom. The van der Waals surface area contributed by atoms with Gasteiger partial charge in [0.1, 0.15) is 0 Å². The summed E-state index contributed by atoms with van der Waals surface area (Å²) in [6.45, 7) is 0.0478. The first-order chi connectivity index (χ1) is 9.52. The Morgan fingerprint density at radius 3 is 2.80 bits per heavy atom. The van der Waals surface area contributed by atoms with E-state index >= 15 is 0 Å². The molecule has 0 saturated heterocycles. The van der Waals surface area contributed by atoms with E-state index in [1.807, 2.05) is 0 Å². The maximum absolute atomic E-state index is 11.8. The van der Waals surface area contributed by atoms with Gasteiger partial charge in [0.15, 0.2) is 12.4 Å². The number of hydrogen-bond donors (Lipinski definition) is 1. The second-order valence-electron chi connectivity index (χ2n) is 4.79. The van der Waals surface area contributed by atoms with Crippen molar-refractivity contribution >= 4 is 11.6 Å². The molecule has 0 heterocycles. The number of nitro benzene ring substituents is 1. The molecule has 7 heteroatoms. The van der Waals surface area contributed by atoms with Gasteiger partial charge in [-0.25, -0.2) is 0 Å². The van der Waals surface area contributed by atoms with E-state index in [0.29, 0.717) is 5.56 Å². The van der Waals surface area contributed by atoms with Crippen molar-refractivity contribution in [3.05, 3.63) is 33.9 Å². The first-order valence-corrected chi connectivity index (χ1v) is 6.38. The fourth-order valence-corrected chi connectivity index (χ4v) is 1.86. The topological polar surface area (TPSA) is 98.7 Å². The van der Waals surface area contributed by atoms with E-state index < -0.39 is 4.92 Å². The number of carbonyl (C=O) groups is 1. The zero-order valence-corrected chi connectivity index (χ0v) is 11.2. The molecule has 1 aliphatic carbocycles. The number of rotatable bonds is 6. The molecule has 1 saturated carbocycles. The Hall–Kier alpha value is -2.15. The van der Waals surface area contributed by atoms with Crippen molar-refractivity contribution in [3.8, 4) is 5.75 Å². The highest BCUT2D eigenvalue weighted by Gasteiger charge is 2.30. The summed E-state index contributed by atoms with van der Waals surface area (Å²) in [4.78, 5) is 23.8. The van der Waals surface area contributed by atoms with Crippen LogP contribution in [0.25, 0.3) is 0 Å². The molecule has 108 valence electrons. The molecule has 0 aromatic heterocycles. The molecule has 0 bridgehead atoms. The van der Waals surface area contributed by atoms with Crippen molar-refractivity contribution in [1.29, 1.82) is 0 Å². The summed E-state index contributed by atoms with van der Waals surface area (Å²) in [5.74, 6) is -0.101. The van der Waals surface area contributed by atoms with E-state index in [1.54, 1.807) is 18.0 Å². The molecule has 2 rings (SSSR count). The summed E-state index contributed by atoms with van der Waals surface area (Å²) < 4.78 is 5.31. The van der Waals surface area contributed by atoms with Crippen molar-refractivity contribution in [2.75, 3.05) is 13.7 Å². The number of carbonyl (C=O) groups excluding carboxylic acids is 1. The molecule has 0 radical (unpaired) electrons. The monoisotopic (exact) mass is 279 g/mol. The van der Waals surface area contributed by atoms with Crippen LogP contribution >= 0.6 is 0 Å². The highest BCUT2D eigenvalue weighted by molar-refractivity contribution is 5.78. The lowest BCUT2D eigenvalue weighted by Crippen LogP contribution is -2.33. The minimum atomic E-state index is -0.537. The Morgan fingerprint density at radius 2 is 2.25 bits per heavy atom. The van der Waals surface area contributed by atoms with Crippen LogP contribution in [0, 0.1) is 10.1 Å². The standard InChI is InChI=1S/C13H17N3O4/c1-15(10-3-4-10)13(17)8-20-12-6-9(7-14)2-5-11(12)16(18)19/h2,5-6,10H,3-4,7-8,14H2,1H3. The van der Waals surface area contributed by atoms with E-state index in [4.69, 9.17) is 10.5 Å². The lowest BCUT2D eigenvalue weighted by atomic mass is 10.2. The third-order valence-electron chi connectivity index (χ3n) is 3.30. The van der Waals surface area contributed by atoms with Gasteiger partial charge in [-0.05, 0) is 24.5 Å². The van der Waals surface area contributed by atoms with Crippen LogP contribution in [-0.4, -0.2) is 35.4 Å². The number of hydrogen-bond acceptors (Lipinski definition) is 5. The van der Waals surface area contributed by atoms with Crippen LogP contribution in [0.5, 0.6) is 5.75 Å². The van der Waals surface area contributed by atoms with Gasteiger partial charge >= 0.3 is 5.69 Å². The van der Waals surface area contributed by atoms with Crippen molar-refractivity contribution in [1.82, 2.24) is 4.90 Å². The third kappa shape index (κ3) is 3.24. The van der Waals surface area contributed by atoms with Gasteiger partial charge in [0.2, 0.25) is 0 Å². The molecule has 0 aliphatic heterocycles. The number of ether oxygens (including phenoxy) is 1. The molecule has 20 heavy (non-hydrogen) atoms. The first kappa shape index (κ1) is 14.3. The number of likely N-dealkylation sites (N-methyl/N-ethyl adjacent to an activating group) is 1. The molecule has 2 N–H and O–H groups in total. The number of nitro groups is 1. The zero-order chi connectivity index (χ0) is 14.7. The van der Waals surface area contributed by atoms with Gasteiger partial charge in [0.25, 0.3) is 5.91 Å². The van der Waals surface area contributed by atoms with Crippen molar-refractivity contribution < 1.29 is 14.5 Å². The molecule has 1 aromatic rings. The Balaban J connectivity index is 2.06. The molecule has 0 unspecified atom stereocenters. The number of amides is 1. The summed E-state index contributed by atoms with van der Waals surface area (Å²) in [5.41, 5.74) is 6.05. The van der Waals surface area contributed by atoms with E-state index in [1.165, 1.54) is 12.1 Å². The molecule has 1 amide bonds. The van der Waals surface area contributed by atoms with Crippen LogP contribution in [0.1, 0.15) is 18.4 Å². The SMILES string of the molecule is CN(C(=O)COc1cc(CN)ccc1[N+](=O)[O-])C1CC1. The minimum absolute atomic E-state index is 0.0792. The molecular weight excluding hydrogens is 262 g/mol. The van der Waals surface area contributed by atoms with E-state index in [9.17, 15) is 14.9 Å². The maximum atomic E-state index is 11.8. The zero-order valence-electron chi connectivity index (χ0n) is 11.2. The fourth-order valence-electron chi connectivity index (χ4n) is 1.86. The van der Waals surface area contributed by atoms with Crippen LogP contribution in [0.2, 0.25) is 0 Å². The molecule has 1 fully saturated rings. The van der Waals surface area contributed by atoms with Crippen LogP contribution in [0.15, 0.2) is 18.2 Å². The smallest absolute Gasteiger partial charge is 0.310 e. The summed E-state index contributed by atoms with van der Waals surface area (Å²) in [6, 6.07) is 4.70. The number of nitrogens with zero attached hydrogens (tertiary/aromatic N) is 2. The van der Waals surface area contributed by atoms with Gasteiger partial charge in [-0.15, -0.1) is 0 Å². The minimum Gasteiger partial charge on any atom is -0.477 e. The Kier molecular flexibility index (Phi) is 4.19. The average molecular weight is 279 g/mol. The first-order valence-electron chi connectivity index (χ1n) is 6.38. The Bertz CT molecular complexity index is 528. The highest BCUT2D eigenvalue weighted by atomic mass is 16.6. The quantitative estimate of drug-likeness (QED) is 0.620. The average Bonchev–Trinajstić information content (AvgIpc) is 3.27. The van der Waals surface area contributed by atoms with Gasteiger partial charge in [0, 0.05) is 25.7 Å². The normalized spacial score (nSPS) is 13.9. The lowest BCUT2D eigenvalue weighted by molar-refractivity contribution is -0.385. The van der Waals surface area contributed by atoms with Crippen LogP contribution < -0.4 is 10.5 Å². The molecular formula is C13H17N3O4. The fraction of sp³-hybridized carbons (Fsp3) is 0.462. The van der Waals surface area contributed by atoms with Gasteiger partial charge in [-0.2, -0.15) is 0 Å². The molecule has 1 aliphatic rings. The van der Waals surface area contributed by atoms with E-state index in [-0.39, 0.29) is 36.5 Å². The summed E-state index contributed by atoms with van der Waals surface area (Å²) in [5, 5.41) is 10.9. The number of nitrogens with two attached hydrogens (primary N) is 1. The van der Waals surface area contributed by atoms with Gasteiger partial charge in [-0.3, -0.25) is 14.9 Å². The highest BCUT2D eigenvalue weighted by Crippen LogP contribution is 2.29. The molecule has 1 aromatic carbocycles. The number of benzene rings is 1. The van der Waals surface area contributed by atoms with Crippen LogP contribution in [0.3, 0.4) is 0 Å². The molecule has 7 nitrogen and oxygen atoms in total. The predicted molar refractivity (Wildman–Crippen MR) is 72.3 cm³/mol. The second-order valence-corrected chi connectivity index (χ2v) is 4.79. The summed E-state index contributed by atoms with van der Waals surface area (Å²) in [6.07, 6.45) is 2.01. The Labute approximate surface area is 116 Å². The maximum Gasteiger partial charge on any atom is 0.310 e. The van der Waals surface area contributed by atoms with Crippen LogP contribution in [0.4, 0.5) is 5.69 Å². The van der Waals surface area contributed by atoms with Gasteiger partial charge in [-0.1, -0.05) is 6.07 Å².